The standard InChI is InChI=1S/C16H15N3O2/c17-10-11-21-15-9-5-4-8-14(15)19-16(20)18-12-13-6-2-1-3-7-13/h1-9H,11-12H2,(H2,18,19,20). The summed E-state index contributed by atoms with van der Waals surface area (Å²) in [4.78, 5) is 11.9. The third-order valence-corrected chi connectivity index (χ3v) is 2.72. The topological polar surface area (TPSA) is 74.1 Å². The lowest BCUT2D eigenvalue weighted by Crippen LogP contribution is -2.28. The molecule has 0 aliphatic rings. The molecule has 0 fully saturated rings. The van der Waals surface area contributed by atoms with Crippen molar-refractivity contribution in [2.45, 2.75) is 6.54 Å². The zero-order valence-electron chi connectivity index (χ0n) is 11.4. The first kappa shape index (κ1) is 14.4. The highest BCUT2D eigenvalue weighted by Crippen LogP contribution is 2.23. The molecule has 0 spiro atoms. The molecule has 0 bridgehead atoms. The van der Waals surface area contributed by atoms with Gasteiger partial charge in [-0.3, -0.25) is 0 Å². The van der Waals surface area contributed by atoms with Gasteiger partial charge in [-0.25, -0.2) is 4.79 Å². The maximum absolute atomic E-state index is 11.9. The number of para-hydroxylation sites is 2. The van der Waals surface area contributed by atoms with E-state index < -0.39 is 0 Å². The highest BCUT2D eigenvalue weighted by molar-refractivity contribution is 5.90. The van der Waals surface area contributed by atoms with Crippen LogP contribution >= 0.6 is 0 Å². The van der Waals surface area contributed by atoms with Crippen molar-refractivity contribution in [1.29, 1.82) is 5.26 Å². The lowest BCUT2D eigenvalue weighted by molar-refractivity contribution is 0.251. The van der Waals surface area contributed by atoms with Gasteiger partial charge in [0.2, 0.25) is 0 Å². The van der Waals surface area contributed by atoms with E-state index in [1.165, 1.54) is 0 Å². The number of hydrogen-bond acceptors (Lipinski definition) is 3. The van der Waals surface area contributed by atoms with Gasteiger partial charge in [-0.15, -0.1) is 0 Å². The van der Waals surface area contributed by atoms with Crippen LogP contribution in [0.4, 0.5) is 10.5 Å². The number of anilines is 1. The summed E-state index contributed by atoms with van der Waals surface area (Å²) in [5.74, 6) is 0.467. The molecule has 2 amide bonds. The quantitative estimate of drug-likeness (QED) is 0.885. The SMILES string of the molecule is N#CCOc1ccccc1NC(=O)NCc1ccccc1. The van der Waals surface area contributed by atoms with Crippen molar-refractivity contribution in [2.24, 2.45) is 0 Å². The van der Waals surface area contributed by atoms with Crippen LogP contribution in [0.15, 0.2) is 54.6 Å². The molecule has 0 saturated carbocycles. The number of nitrogens with one attached hydrogen (secondary N) is 2. The minimum absolute atomic E-state index is 0.0652. The summed E-state index contributed by atoms with van der Waals surface area (Å²) < 4.78 is 5.25. The molecule has 21 heavy (non-hydrogen) atoms. The highest BCUT2D eigenvalue weighted by Gasteiger charge is 2.06. The van der Waals surface area contributed by atoms with Gasteiger partial charge < -0.3 is 15.4 Å². The monoisotopic (exact) mass is 281 g/mol. The van der Waals surface area contributed by atoms with Crippen molar-refractivity contribution < 1.29 is 9.53 Å². The molecule has 0 unspecified atom stereocenters. The van der Waals surface area contributed by atoms with Crippen molar-refractivity contribution in [1.82, 2.24) is 5.32 Å². The van der Waals surface area contributed by atoms with Gasteiger partial charge in [-0.2, -0.15) is 5.26 Å². The highest BCUT2D eigenvalue weighted by atomic mass is 16.5. The van der Waals surface area contributed by atoms with E-state index in [-0.39, 0.29) is 12.6 Å². The third kappa shape index (κ3) is 4.55. The van der Waals surface area contributed by atoms with E-state index in [2.05, 4.69) is 10.6 Å². The second-order valence-electron chi connectivity index (χ2n) is 4.24. The molecular formula is C16H15N3O2. The van der Waals surface area contributed by atoms with E-state index >= 15 is 0 Å². The molecule has 2 rings (SSSR count). The molecule has 2 aromatic carbocycles. The smallest absolute Gasteiger partial charge is 0.319 e. The molecule has 0 heterocycles. The average molecular weight is 281 g/mol. The number of urea groups is 1. The van der Waals surface area contributed by atoms with Crippen LogP contribution < -0.4 is 15.4 Å². The number of hydrogen-bond donors (Lipinski definition) is 2. The summed E-state index contributed by atoms with van der Waals surface area (Å²) in [5.41, 5.74) is 1.54. The van der Waals surface area contributed by atoms with E-state index in [1.54, 1.807) is 24.3 Å². The van der Waals surface area contributed by atoms with Gasteiger partial charge in [0.1, 0.15) is 11.8 Å². The molecular weight excluding hydrogens is 266 g/mol. The largest absolute Gasteiger partial charge is 0.477 e. The fraction of sp³-hybridized carbons (Fsp3) is 0.125. The summed E-state index contributed by atoms with van der Waals surface area (Å²) in [6, 6.07) is 18.2. The van der Waals surface area contributed by atoms with Gasteiger partial charge >= 0.3 is 6.03 Å². The third-order valence-electron chi connectivity index (χ3n) is 2.72. The minimum Gasteiger partial charge on any atom is -0.477 e. The lowest BCUT2D eigenvalue weighted by Gasteiger charge is -2.11. The minimum atomic E-state index is -0.327. The average Bonchev–Trinajstić information content (AvgIpc) is 2.53. The molecule has 106 valence electrons. The van der Waals surface area contributed by atoms with E-state index in [9.17, 15) is 4.79 Å². The van der Waals surface area contributed by atoms with Crippen molar-refractivity contribution in [2.75, 3.05) is 11.9 Å². The van der Waals surface area contributed by atoms with Crippen LogP contribution in [0.25, 0.3) is 0 Å². The van der Waals surface area contributed by atoms with E-state index in [4.69, 9.17) is 10.00 Å². The summed E-state index contributed by atoms with van der Waals surface area (Å²) >= 11 is 0. The number of ether oxygens (including phenoxy) is 1. The first-order valence-corrected chi connectivity index (χ1v) is 6.47. The Morgan fingerprint density at radius 2 is 1.81 bits per heavy atom. The first-order valence-electron chi connectivity index (χ1n) is 6.47. The number of benzene rings is 2. The summed E-state index contributed by atoms with van der Waals surface area (Å²) in [5, 5.41) is 14.0. The number of amides is 2. The molecule has 0 aliphatic heterocycles. The molecule has 0 aromatic heterocycles. The second kappa shape index (κ2) is 7.56. The Morgan fingerprint density at radius 1 is 1.10 bits per heavy atom. The zero-order chi connectivity index (χ0) is 14.9. The fourth-order valence-electron chi connectivity index (χ4n) is 1.75. The predicted octanol–water partition coefficient (Wildman–Crippen LogP) is 2.91. The maximum atomic E-state index is 11.9. The Labute approximate surface area is 123 Å². The van der Waals surface area contributed by atoms with E-state index in [0.717, 1.165) is 5.56 Å². The van der Waals surface area contributed by atoms with Crippen LogP contribution in [0, 0.1) is 11.3 Å². The van der Waals surface area contributed by atoms with Crippen LogP contribution in [-0.4, -0.2) is 12.6 Å². The Bertz CT molecular complexity index is 635. The molecule has 0 saturated heterocycles. The lowest BCUT2D eigenvalue weighted by atomic mass is 10.2. The van der Waals surface area contributed by atoms with Gasteiger partial charge in [0, 0.05) is 6.54 Å². The van der Waals surface area contributed by atoms with Gasteiger partial charge in [0.25, 0.3) is 0 Å². The molecule has 0 atom stereocenters. The number of carbonyl (C=O) groups is 1. The normalized spacial score (nSPS) is 9.48. The molecule has 2 N–H and O–H groups in total. The summed E-state index contributed by atoms with van der Waals surface area (Å²) in [6.45, 7) is 0.373. The predicted molar refractivity (Wildman–Crippen MR) is 79.9 cm³/mol. The van der Waals surface area contributed by atoms with Gasteiger partial charge in [-0.05, 0) is 17.7 Å². The van der Waals surface area contributed by atoms with Crippen molar-refractivity contribution in [3.8, 4) is 11.8 Å². The van der Waals surface area contributed by atoms with Crippen molar-refractivity contribution in [3.05, 3.63) is 60.2 Å². The Hall–Kier alpha value is -3.00. The van der Waals surface area contributed by atoms with Crippen LogP contribution in [0.5, 0.6) is 5.75 Å². The number of nitrogens with zero attached hydrogens (tertiary/aromatic N) is 1. The van der Waals surface area contributed by atoms with E-state index in [0.29, 0.717) is 18.0 Å². The van der Waals surface area contributed by atoms with Crippen molar-refractivity contribution >= 4 is 11.7 Å². The Balaban J connectivity index is 1.92. The van der Waals surface area contributed by atoms with Gasteiger partial charge in [0.15, 0.2) is 6.61 Å². The second-order valence-corrected chi connectivity index (χ2v) is 4.24. The summed E-state index contributed by atoms with van der Waals surface area (Å²) in [6.07, 6.45) is 0. The number of rotatable bonds is 5. The van der Waals surface area contributed by atoms with Crippen LogP contribution in [0.1, 0.15) is 5.56 Å². The molecule has 5 heteroatoms. The van der Waals surface area contributed by atoms with Gasteiger partial charge in [-0.1, -0.05) is 42.5 Å². The summed E-state index contributed by atoms with van der Waals surface area (Å²) in [7, 11) is 0. The van der Waals surface area contributed by atoms with Crippen LogP contribution in [0.2, 0.25) is 0 Å². The van der Waals surface area contributed by atoms with Gasteiger partial charge in [0.05, 0.1) is 5.69 Å². The van der Waals surface area contributed by atoms with Crippen LogP contribution in [-0.2, 0) is 6.54 Å². The molecule has 5 nitrogen and oxygen atoms in total. The Kier molecular flexibility index (Phi) is 5.18. The van der Waals surface area contributed by atoms with Crippen LogP contribution in [0.3, 0.4) is 0 Å². The first-order chi connectivity index (χ1) is 10.3. The number of carbonyl (C=O) groups excluding carboxylic acids is 1. The maximum Gasteiger partial charge on any atom is 0.319 e. The molecule has 2 aromatic rings. The molecule has 0 radical (unpaired) electrons. The molecule has 0 aliphatic carbocycles. The van der Waals surface area contributed by atoms with E-state index in [1.807, 2.05) is 36.4 Å². The van der Waals surface area contributed by atoms with Crippen molar-refractivity contribution in [3.63, 3.8) is 0 Å². The Morgan fingerprint density at radius 3 is 2.57 bits per heavy atom. The fourth-order valence-corrected chi connectivity index (χ4v) is 1.75. The number of nitriles is 1. The zero-order valence-corrected chi connectivity index (χ0v) is 11.4.